The minimum absolute atomic E-state index is 0.312. The third-order valence-corrected chi connectivity index (χ3v) is 5.61. The van der Waals surface area contributed by atoms with E-state index < -0.39 is 0 Å². The number of aromatic nitrogens is 2. The third-order valence-electron chi connectivity index (χ3n) is 3.53. The van der Waals surface area contributed by atoms with E-state index in [1.807, 2.05) is 18.2 Å². The molecule has 96 valence electrons. The molecule has 0 spiro atoms. The number of aromatic amines is 1. The van der Waals surface area contributed by atoms with Crippen LogP contribution in [0.25, 0.3) is 11.0 Å². The fraction of sp³-hybridized carbons (Fsp3) is 0.462. The fourth-order valence-electron chi connectivity index (χ4n) is 2.59. The van der Waals surface area contributed by atoms with Crippen LogP contribution in [0, 0.1) is 4.77 Å². The zero-order chi connectivity index (χ0) is 12.8. The van der Waals surface area contributed by atoms with Crippen molar-refractivity contribution in [3.63, 3.8) is 0 Å². The van der Waals surface area contributed by atoms with Gasteiger partial charge < -0.3 is 9.55 Å². The maximum atomic E-state index is 6.01. The van der Waals surface area contributed by atoms with E-state index in [0.29, 0.717) is 4.75 Å². The van der Waals surface area contributed by atoms with Gasteiger partial charge in [0.05, 0.1) is 11.0 Å². The van der Waals surface area contributed by atoms with E-state index in [9.17, 15) is 0 Å². The van der Waals surface area contributed by atoms with Gasteiger partial charge >= 0.3 is 0 Å². The Balaban J connectivity index is 2.06. The highest BCUT2D eigenvalue weighted by atomic mass is 35.5. The van der Waals surface area contributed by atoms with Crippen molar-refractivity contribution in [1.29, 1.82) is 0 Å². The lowest BCUT2D eigenvalue weighted by Crippen LogP contribution is -2.23. The lowest BCUT2D eigenvalue weighted by molar-refractivity contribution is 0.515. The van der Waals surface area contributed by atoms with Crippen molar-refractivity contribution < 1.29 is 0 Å². The van der Waals surface area contributed by atoms with Crippen LogP contribution in [-0.2, 0) is 6.54 Å². The number of hydrogen-bond donors (Lipinski definition) is 1. The highest BCUT2D eigenvalue weighted by molar-refractivity contribution is 8.00. The molecule has 3 rings (SSSR count). The number of H-pyrrole nitrogens is 1. The van der Waals surface area contributed by atoms with Crippen LogP contribution < -0.4 is 0 Å². The molecule has 1 aromatic carbocycles. The maximum Gasteiger partial charge on any atom is 0.178 e. The molecule has 1 N–H and O–H groups in total. The van der Waals surface area contributed by atoms with E-state index in [-0.39, 0.29) is 0 Å². The third kappa shape index (κ3) is 2.22. The van der Waals surface area contributed by atoms with Crippen molar-refractivity contribution in [2.24, 2.45) is 0 Å². The van der Waals surface area contributed by atoms with Crippen LogP contribution in [0.3, 0.4) is 0 Å². The Kier molecular flexibility index (Phi) is 3.20. The number of hydrogen-bond acceptors (Lipinski definition) is 2. The van der Waals surface area contributed by atoms with Crippen molar-refractivity contribution in [2.75, 3.05) is 5.75 Å². The molecule has 2 heterocycles. The first kappa shape index (κ1) is 12.6. The van der Waals surface area contributed by atoms with Crippen LogP contribution in [0.1, 0.15) is 19.8 Å². The molecule has 2 aromatic rings. The van der Waals surface area contributed by atoms with Gasteiger partial charge in [-0.25, -0.2) is 0 Å². The van der Waals surface area contributed by atoms with Gasteiger partial charge in [-0.15, -0.1) is 0 Å². The summed E-state index contributed by atoms with van der Waals surface area (Å²) in [4.78, 5) is 3.24. The summed E-state index contributed by atoms with van der Waals surface area (Å²) in [6, 6.07) is 5.91. The zero-order valence-electron chi connectivity index (χ0n) is 10.2. The van der Waals surface area contributed by atoms with Crippen molar-refractivity contribution in [2.45, 2.75) is 31.1 Å². The molecule has 18 heavy (non-hydrogen) atoms. The van der Waals surface area contributed by atoms with Gasteiger partial charge in [0, 0.05) is 16.3 Å². The summed E-state index contributed by atoms with van der Waals surface area (Å²) in [5, 5.41) is 0.743. The van der Waals surface area contributed by atoms with Gasteiger partial charge in [-0.1, -0.05) is 11.6 Å². The normalized spacial score (nSPS) is 23.9. The fourth-order valence-corrected chi connectivity index (χ4v) is 4.32. The second kappa shape index (κ2) is 4.58. The Morgan fingerprint density at radius 1 is 1.56 bits per heavy atom. The Morgan fingerprint density at radius 2 is 2.39 bits per heavy atom. The van der Waals surface area contributed by atoms with Crippen molar-refractivity contribution >= 4 is 46.6 Å². The second-order valence-electron chi connectivity index (χ2n) is 5.08. The van der Waals surface area contributed by atoms with E-state index >= 15 is 0 Å². The number of nitrogens with zero attached hydrogens (tertiary/aromatic N) is 1. The average Bonchev–Trinajstić information content (AvgIpc) is 2.85. The number of thioether (sulfide) groups is 1. The summed E-state index contributed by atoms with van der Waals surface area (Å²) in [7, 11) is 0. The Morgan fingerprint density at radius 3 is 3.11 bits per heavy atom. The lowest BCUT2D eigenvalue weighted by Gasteiger charge is -2.23. The molecule has 5 heteroatoms. The average molecular weight is 299 g/mol. The second-order valence-corrected chi connectivity index (χ2v) is 7.59. The first-order chi connectivity index (χ1) is 8.57. The molecule has 1 fully saturated rings. The number of rotatable bonds is 2. The quantitative estimate of drug-likeness (QED) is 0.815. The predicted octanol–water partition coefficient (Wildman–Crippen LogP) is 4.64. The molecule has 1 aromatic heterocycles. The molecule has 0 amide bonds. The molecule has 0 aliphatic carbocycles. The summed E-state index contributed by atoms with van der Waals surface area (Å²) < 4.78 is 3.31. The standard InChI is InChI=1S/C13H15ClN2S2/c1-13(5-2-6-18-13)8-16-11-4-3-9(14)7-10(11)15-12(16)17/h3-4,7H,2,5-6,8H2,1H3,(H,15,17). The summed E-state index contributed by atoms with van der Waals surface area (Å²) in [5.74, 6) is 1.26. The van der Waals surface area contributed by atoms with Crippen LogP contribution in [0.15, 0.2) is 18.2 Å². The van der Waals surface area contributed by atoms with Crippen molar-refractivity contribution in [1.82, 2.24) is 9.55 Å². The highest BCUT2D eigenvalue weighted by Gasteiger charge is 2.30. The molecule has 1 saturated heterocycles. The van der Waals surface area contributed by atoms with E-state index in [0.717, 1.165) is 27.4 Å². The van der Waals surface area contributed by atoms with E-state index in [1.54, 1.807) is 0 Å². The molecular formula is C13H15ClN2S2. The molecule has 0 saturated carbocycles. The number of halogens is 1. The molecule has 1 aliphatic heterocycles. The van der Waals surface area contributed by atoms with E-state index in [1.165, 1.54) is 18.6 Å². The molecule has 1 atom stereocenters. The predicted molar refractivity (Wildman–Crippen MR) is 82.2 cm³/mol. The number of benzene rings is 1. The topological polar surface area (TPSA) is 20.7 Å². The van der Waals surface area contributed by atoms with Crippen molar-refractivity contribution in [3.8, 4) is 0 Å². The van der Waals surface area contributed by atoms with Gasteiger partial charge in [0.25, 0.3) is 0 Å². The summed E-state index contributed by atoms with van der Waals surface area (Å²) >= 11 is 13.5. The molecule has 2 nitrogen and oxygen atoms in total. The number of imidazole rings is 1. The van der Waals surface area contributed by atoms with Crippen LogP contribution in [0.5, 0.6) is 0 Å². The minimum atomic E-state index is 0.312. The van der Waals surface area contributed by atoms with Crippen LogP contribution >= 0.6 is 35.6 Å². The Labute approximate surface area is 121 Å². The minimum Gasteiger partial charge on any atom is -0.331 e. The highest BCUT2D eigenvalue weighted by Crippen LogP contribution is 2.39. The largest absolute Gasteiger partial charge is 0.331 e. The smallest absolute Gasteiger partial charge is 0.178 e. The molecule has 0 bridgehead atoms. The Hall–Kier alpha value is -0.450. The number of nitrogens with one attached hydrogen (secondary N) is 1. The first-order valence-corrected chi connectivity index (χ1v) is 7.87. The van der Waals surface area contributed by atoms with Crippen LogP contribution in [0.4, 0.5) is 0 Å². The summed E-state index contributed by atoms with van der Waals surface area (Å²) in [6.07, 6.45) is 2.57. The monoisotopic (exact) mass is 298 g/mol. The van der Waals surface area contributed by atoms with E-state index in [4.69, 9.17) is 23.8 Å². The molecule has 0 radical (unpaired) electrons. The SMILES string of the molecule is CC1(Cn2c(=S)[nH]c3cc(Cl)ccc32)CCCS1. The van der Waals surface area contributed by atoms with Gasteiger partial charge in [0.2, 0.25) is 0 Å². The van der Waals surface area contributed by atoms with Gasteiger partial charge in [-0.05, 0) is 55.9 Å². The summed E-state index contributed by atoms with van der Waals surface area (Å²) in [6.45, 7) is 3.30. The van der Waals surface area contributed by atoms with Gasteiger partial charge in [0.15, 0.2) is 4.77 Å². The van der Waals surface area contributed by atoms with Gasteiger partial charge in [0.1, 0.15) is 0 Å². The van der Waals surface area contributed by atoms with Gasteiger partial charge in [-0.3, -0.25) is 0 Å². The molecule has 1 aliphatic rings. The number of fused-ring (bicyclic) bond motifs is 1. The lowest BCUT2D eigenvalue weighted by atomic mass is 10.1. The van der Waals surface area contributed by atoms with Crippen LogP contribution in [0.2, 0.25) is 5.02 Å². The van der Waals surface area contributed by atoms with Crippen molar-refractivity contribution in [3.05, 3.63) is 28.0 Å². The zero-order valence-corrected chi connectivity index (χ0v) is 12.6. The van der Waals surface area contributed by atoms with Gasteiger partial charge in [-0.2, -0.15) is 11.8 Å². The maximum absolute atomic E-state index is 6.01. The molecular weight excluding hydrogens is 284 g/mol. The molecule has 1 unspecified atom stereocenters. The van der Waals surface area contributed by atoms with Crippen LogP contribution in [-0.4, -0.2) is 20.1 Å². The Bertz CT molecular complexity index is 638. The first-order valence-electron chi connectivity index (χ1n) is 6.09. The van der Waals surface area contributed by atoms with E-state index in [2.05, 4.69) is 28.2 Å². The summed E-state index contributed by atoms with van der Waals surface area (Å²) in [5.41, 5.74) is 2.18.